The van der Waals surface area contributed by atoms with Gasteiger partial charge in [0.2, 0.25) is 0 Å². The zero-order valence-corrected chi connectivity index (χ0v) is 20.5. The first kappa shape index (κ1) is 27.0. The highest BCUT2D eigenvalue weighted by Crippen LogP contribution is 2.25. The maximum absolute atomic E-state index is 15.1. The number of aromatic nitrogens is 2. The van der Waals surface area contributed by atoms with Crippen molar-refractivity contribution >= 4 is 12.4 Å². The fraction of sp³-hybridized carbons (Fsp3) is 0.185. The van der Waals surface area contributed by atoms with Crippen LogP contribution in [0.25, 0.3) is 11.1 Å². The summed E-state index contributed by atoms with van der Waals surface area (Å²) in [6.45, 7) is 2.33. The van der Waals surface area contributed by atoms with E-state index < -0.39 is 41.3 Å². The van der Waals surface area contributed by atoms with Crippen LogP contribution in [0, 0.1) is 31.3 Å². The number of aryl methyl sites for hydroxylation is 1. The summed E-state index contributed by atoms with van der Waals surface area (Å²) in [5.74, 6) is -2.29. The van der Waals surface area contributed by atoms with Crippen LogP contribution in [0.2, 0.25) is 0 Å². The zero-order valence-electron chi connectivity index (χ0n) is 19.7. The van der Waals surface area contributed by atoms with Gasteiger partial charge in [0.05, 0.1) is 18.7 Å². The van der Waals surface area contributed by atoms with Gasteiger partial charge in [0.25, 0.3) is 5.56 Å². The lowest BCUT2D eigenvalue weighted by molar-refractivity contribution is 0.493. The van der Waals surface area contributed by atoms with Gasteiger partial charge < -0.3 is 5.73 Å². The van der Waals surface area contributed by atoms with Crippen molar-refractivity contribution < 1.29 is 13.2 Å². The highest BCUT2D eigenvalue weighted by Gasteiger charge is 2.23. The van der Waals surface area contributed by atoms with Crippen LogP contribution >= 0.6 is 12.4 Å². The van der Waals surface area contributed by atoms with E-state index >= 15 is 4.39 Å². The summed E-state index contributed by atoms with van der Waals surface area (Å²) < 4.78 is 46.0. The van der Waals surface area contributed by atoms with Gasteiger partial charge in [-0.25, -0.2) is 18.0 Å². The molecular formula is C27H25ClF3N3O2. The molecule has 4 aromatic rings. The van der Waals surface area contributed by atoms with Crippen molar-refractivity contribution in [2.45, 2.75) is 33.0 Å². The molecule has 9 heteroatoms. The number of hydrogen-bond acceptors (Lipinski definition) is 3. The van der Waals surface area contributed by atoms with Crippen LogP contribution in [0.1, 0.15) is 28.4 Å². The van der Waals surface area contributed by atoms with Crippen LogP contribution in [0.3, 0.4) is 0 Å². The molecule has 36 heavy (non-hydrogen) atoms. The number of nitrogens with two attached hydrogens (primary N) is 1. The highest BCUT2D eigenvalue weighted by molar-refractivity contribution is 5.85. The van der Waals surface area contributed by atoms with Gasteiger partial charge in [0.1, 0.15) is 17.5 Å². The van der Waals surface area contributed by atoms with Gasteiger partial charge in [-0.1, -0.05) is 54.6 Å². The Balaban J connectivity index is 0.00000361. The molecule has 2 N–H and O–H groups in total. The van der Waals surface area contributed by atoms with Gasteiger partial charge >= 0.3 is 5.69 Å². The topological polar surface area (TPSA) is 70.0 Å². The summed E-state index contributed by atoms with van der Waals surface area (Å²) in [5.41, 5.74) is 5.46. The van der Waals surface area contributed by atoms with Gasteiger partial charge in [0.15, 0.2) is 0 Å². The SMILES string of the molecule is Cc1cccc(-c2c(C)n(Cc3c(F)cccc3F)c(=O)n(C[C@H](N)c3ccccc3)c2=O)c1F.Cl. The van der Waals surface area contributed by atoms with E-state index in [1.807, 2.05) is 6.07 Å². The molecule has 0 unspecified atom stereocenters. The Morgan fingerprint density at radius 1 is 0.833 bits per heavy atom. The lowest BCUT2D eigenvalue weighted by Crippen LogP contribution is -2.44. The molecule has 3 aromatic carbocycles. The first-order valence-electron chi connectivity index (χ1n) is 11.0. The molecule has 188 valence electrons. The van der Waals surface area contributed by atoms with Crippen molar-refractivity contribution in [2.75, 3.05) is 0 Å². The smallest absolute Gasteiger partial charge is 0.322 e. The third-order valence-corrected chi connectivity index (χ3v) is 6.13. The summed E-state index contributed by atoms with van der Waals surface area (Å²) in [4.78, 5) is 27.0. The Kier molecular flexibility index (Phi) is 8.22. The predicted molar refractivity (Wildman–Crippen MR) is 136 cm³/mol. The lowest BCUT2D eigenvalue weighted by Gasteiger charge is -2.20. The van der Waals surface area contributed by atoms with E-state index in [4.69, 9.17) is 5.73 Å². The van der Waals surface area contributed by atoms with Crippen LogP contribution in [-0.2, 0) is 13.1 Å². The minimum atomic E-state index is -0.835. The van der Waals surface area contributed by atoms with E-state index in [0.29, 0.717) is 11.1 Å². The van der Waals surface area contributed by atoms with Gasteiger partial charge in [-0.05, 0) is 37.1 Å². The second-order valence-electron chi connectivity index (χ2n) is 8.40. The molecule has 0 spiro atoms. The van der Waals surface area contributed by atoms with E-state index in [0.717, 1.165) is 21.3 Å². The van der Waals surface area contributed by atoms with Gasteiger partial charge in [-0.15, -0.1) is 12.4 Å². The molecule has 0 bridgehead atoms. The summed E-state index contributed by atoms with van der Waals surface area (Å²) in [7, 11) is 0. The first-order valence-corrected chi connectivity index (χ1v) is 11.0. The maximum atomic E-state index is 15.1. The fourth-order valence-electron chi connectivity index (χ4n) is 4.14. The lowest BCUT2D eigenvalue weighted by atomic mass is 10.0. The molecule has 0 amide bonds. The van der Waals surface area contributed by atoms with Crippen LogP contribution in [-0.4, -0.2) is 9.13 Å². The molecule has 5 nitrogen and oxygen atoms in total. The monoisotopic (exact) mass is 515 g/mol. The molecule has 0 aliphatic rings. The molecule has 4 rings (SSSR count). The van der Waals surface area contributed by atoms with Crippen LogP contribution in [0.5, 0.6) is 0 Å². The summed E-state index contributed by atoms with van der Waals surface area (Å²) in [6.07, 6.45) is 0. The Morgan fingerprint density at radius 3 is 2.08 bits per heavy atom. The molecule has 0 fully saturated rings. The summed E-state index contributed by atoms with van der Waals surface area (Å²) in [6, 6.07) is 16.1. The third kappa shape index (κ3) is 5.01. The second kappa shape index (κ2) is 11.0. The summed E-state index contributed by atoms with van der Waals surface area (Å²) >= 11 is 0. The van der Waals surface area contributed by atoms with E-state index in [9.17, 15) is 18.4 Å². The Bertz CT molecular complexity index is 1500. The maximum Gasteiger partial charge on any atom is 0.331 e. The van der Waals surface area contributed by atoms with Crippen molar-refractivity contribution in [1.82, 2.24) is 9.13 Å². The van der Waals surface area contributed by atoms with Gasteiger partial charge in [0, 0.05) is 22.9 Å². The van der Waals surface area contributed by atoms with Crippen molar-refractivity contribution in [3.63, 3.8) is 0 Å². The molecule has 0 aliphatic heterocycles. The van der Waals surface area contributed by atoms with Crippen LogP contribution in [0.4, 0.5) is 13.2 Å². The fourth-order valence-corrected chi connectivity index (χ4v) is 4.14. The molecule has 0 radical (unpaired) electrons. The first-order chi connectivity index (χ1) is 16.7. The molecule has 1 aromatic heterocycles. The van der Waals surface area contributed by atoms with E-state index in [2.05, 4.69) is 0 Å². The van der Waals surface area contributed by atoms with Crippen molar-refractivity contribution in [1.29, 1.82) is 0 Å². The number of halogens is 4. The Morgan fingerprint density at radius 2 is 1.44 bits per heavy atom. The van der Waals surface area contributed by atoms with Crippen molar-refractivity contribution in [3.8, 4) is 11.1 Å². The number of benzene rings is 3. The quantitative estimate of drug-likeness (QED) is 0.398. The largest absolute Gasteiger partial charge is 0.331 e. The van der Waals surface area contributed by atoms with Gasteiger partial charge in [-0.3, -0.25) is 13.9 Å². The minimum Gasteiger partial charge on any atom is -0.322 e. The number of rotatable bonds is 6. The van der Waals surface area contributed by atoms with Crippen molar-refractivity contribution in [3.05, 3.63) is 127 Å². The molecule has 0 saturated carbocycles. The minimum absolute atomic E-state index is 0. The standard InChI is InChI=1S/C27H24F3N3O2.ClH/c1-16-8-6-11-19(25(16)30)24-17(2)32(14-20-21(28)12-7-13-22(20)29)27(35)33(26(24)34)15-23(31)18-9-4-3-5-10-18;/h3-13,23H,14-15,31H2,1-2H3;1H/t23-;/m0./s1. The highest BCUT2D eigenvalue weighted by atomic mass is 35.5. The van der Waals surface area contributed by atoms with Gasteiger partial charge in [-0.2, -0.15) is 0 Å². The average Bonchev–Trinajstić information content (AvgIpc) is 2.84. The van der Waals surface area contributed by atoms with E-state index in [-0.39, 0.29) is 41.3 Å². The molecule has 0 aliphatic carbocycles. The molecule has 0 saturated heterocycles. The van der Waals surface area contributed by atoms with E-state index in [1.165, 1.54) is 19.1 Å². The number of hydrogen-bond donors (Lipinski definition) is 1. The Labute approximate surface area is 212 Å². The zero-order chi connectivity index (χ0) is 25.3. The molecule has 1 atom stereocenters. The van der Waals surface area contributed by atoms with Crippen molar-refractivity contribution in [2.24, 2.45) is 5.73 Å². The third-order valence-electron chi connectivity index (χ3n) is 6.13. The van der Waals surface area contributed by atoms with Crippen LogP contribution in [0.15, 0.2) is 76.3 Å². The Hall–Kier alpha value is -3.62. The van der Waals surface area contributed by atoms with Crippen LogP contribution < -0.4 is 17.0 Å². The van der Waals surface area contributed by atoms with E-state index in [1.54, 1.807) is 43.3 Å². The molecule has 1 heterocycles. The predicted octanol–water partition coefficient (Wildman–Crippen LogP) is 4.88. The molecular weight excluding hydrogens is 491 g/mol. The normalized spacial score (nSPS) is 11.7. The summed E-state index contributed by atoms with van der Waals surface area (Å²) in [5, 5.41) is 0. The average molecular weight is 516 g/mol. The number of nitrogens with zero attached hydrogens (tertiary/aromatic N) is 2. The second-order valence-corrected chi connectivity index (χ2v) is 8.40.